The third-order valence-corrected chi connectivity index (χ3v) is 5.97. The summed E-state index contributed by atoms with van der Waals surface area (Å²) in [5.74, 6) is -0.0876. The summed E-state index contributed by atoms with van der Waals surface area (Å²) in [6.07, 6.45) is 0.562. The summed E-state index contributed by atoms with van der Waals surface area (Å²) in [7, 11) is 1.59. The Kier molecular flexibility index (Phi) is 9.46. The maximum absolute atomic E-state index is 13.2. The summed E-state index contributed by atoms with van der Waals surface area (Å²) in [6, 6.07) is 18.9. The maximum Gasteiger partial charge on any atom is 0.330 e. The summed E-state index contributed by atoms with van der Waals surface area (Å²) in [5.41, 5.74) is 7.11. The molecule has 1 amide bonds. The first-order valence-electron chi connectivity index (χ1n) is 12.1. The Balaban J connectivity index is 1.91. The van der Waals surface area contributed by atoms with Crippen LogP contribution in [0.15, 0.2) is 70.3 Å². The maximum atomic E-state index is 13.2. The van der Waals surface area contributed by atoms with Crippen LogP contribution in [-0.4, -0.2) is 42.3 Å². The van der Waals surface area contributed by atoms with Gasteiger partial charge in [-0.15, -0.1) is 0 Å². The number of nitrogens with two attached hydrogens (primary N) is 1. The molecule has 0 radical (unpaired) electrons. The first-order chi connectivity index (χ1) is 17.3. The van der Waals surface area contributed by atoms with E-state index in [4.69, 9.17) is 10.5 Å². The number of methoxy groups -OCH3 is 1. The Morgan fingerprint density at radius 1 is 1.08 bits per heavy atom. The van der Waals surface area contributed by atoms with Crippen LogP contribution in [0.5, 0.6) is 0 Å². The van der Waals surface area contributed by atoms with Crippen molar-refractivity contribution in [2.45, 2.75) is 32.9 Å². The summed E-state index contributed by atoms with van der Waals surface area (Å²) in [5, 5.41) is 3.09. The summed E-state index contributed by atoms with van der Waals surface area (Å²) >= 11 is 0. The number of carbonyl (C=O) groups excluding carboxylic acids is 1. The van der Waals surface area contributed by atoms with Gasteiger partial charge >= 0.3 is 5.69 Å². The minimum Gasteiger partial charge on any atom is -0.385 e. The molecule has 2 aromatic carbocycles. The van der Waals surface area contributed by atoms with Gasteiger partial charge in [0.25, 0.3) is 5.56 Å². The summed E-state index contributed by atoms with van der Waals surface area (Å²) < 4.78 is 6.48. The van der Waals surface area contributed by atoms with Gasteiger partial charge in [0.15, 0.2) is 0 Å². The van der Waals surface area contributed by atoms with E-state index in [0.717, 1.165) is 11.1 Å². The highest BCUT2D eigenvalue weighted by molar-refractivity contribution is 5.83. The van der Waals surface area contributed by atoms with Crippen molar-refractivity contribution in [2.75, 3.05) is 37.4 Å². The molecule has 4 N–H and O–H groups in total. The van der Waals surface area contributed by atoms with Crippen LogP contribution >= 0.6 is 0 Å². The number of ether oxygens (including phenoxy) is 1. The van der Waals surface area contributed by atoms with Crippen molar-refractivity contribution in [3.63, 3.8) is 0 Å². The number of carbonyl (C=O) groups is 1. The first kappa shape index (κ1) is 26.7. The number of benzene rings is 2. The molecular weight excluding hydrogens is 458 g/mol. The second-order valence-electron chi connectivity index (χ2n) is 9.03. The fourth-order valence-electron chi connectivity index (χ4n) is 4.16. The van der Waals surface area contributed by atoms with E-state index in [1.165, 1.54) is 4.57 Å². The molecule has 0 aliphatic carbocycles. The number of aromatic nitrogens is 2. The number of nitrogens with one attached hydrogen (secondary N) is 2. The van der Waals surface area contributed by atoms with Crippen molar-refractivity contribution in [1.82, 2.24) is 14.9 Å². The molecule has 1 heterocycles. The lowest BCUT2D eigenvalue weighted by atomic mass is 9.96. The van der Waals surface area contributed by atoms with Crippen LogP contribution in [0.4, 0.5) is 11.5 Å². The number of rotatable bonds is 12. The largest absolute Gasteiger partial charge is 0.385 e. The summed E-state index contributed by atoms with van der Waals surface area (Å²) in [6.45, 7) is 4.95. The molecule has 192 valence electrons. The molecule has 0 spiro atoms. The second kappa shape index (κ2) is 12.7. The Labute approximate surface area is 210 Å². The molecule has 1 unspecified atom stereocenters. The van der Waals surface area contributed by atoms with Gasteiger partial charge in [-0.3, -0.25) is 19.1 Å². The van der Waals surface area contributed by atoms with E-state index >= 15 is 0 Å². The van der Waals surface area contributed by atoms with Crippen LogP contribution in [0.2, 0.25) is 0 Å². The highest BCUT2D eigenvalue weighted by atomic mass is 16.5. The SMILES string of the molecule is COCCCN(CC(=O)NC(c1ccccc1)C(C)C)c1c(N)n(Cc2ccccc2)c(=O)[nH]c1=O. The number of H-pyrrole nitrogens is 1. The van der Waals surface area contributed by atoms with Crippen molar-refractivity contribution in [3.8, 4) is 0 Å². The van der Waals surface area contributed by atoms with Gasteiger partial charge in [-0.2, -0.15) is 0 Å². The van der Waals surface area contributed by atoms with Crippen molar-refractivity contribution in [3.05, 3.63) is 92.6 Å². The number of hydrogen-bond acceptors (Lipinski definition) is 6. The Hall–Kier alpha value is -3.85. The normalized spacial score (nSPS) is 11.9. The van der Waals surface area contributed by atoms with E-state index in [-0.39, 0.29) is 42.5 Å². The van der Waals surface area contributed by atoms with E-state index < -0.39 is 11.2 Å². The predicted molar refractivity (Wildman–Crippen MR) is 142 cm³/mol. The fourth-order valence-corrected chi connectivity index (χ4v) is 4.16. The van der Waals surface area contributed by atoms with E-state index in [1.807, 2.05) is 74.5 Å². The number of aromatic amines is 1. The van der Waals surface area contributed by atoms with Gasteiger partial charge in [0, 0.05) is 20.3 Å². The van der Waals surface area contributed by atoms with E-state index in [1.54, 1.807) is 12.0 Å². The van der Waals surface area contributed by atoms with Crippen molar-refractivity contribution in [2.24, 2.45) is 5.92 Å². The first-order valence-corrected chi connectivity index (χ1v) is 12.1. The van der Waals surface area contributed by atoms with Gasteiger partial charge in [0.1, 0.15) is 11.5 Å². The highest BCUT2D eigenvalue weighted by Crippen LogP contribution is 2.22. The van der Waals surface area contributed by atoms with Gasteiger partial charge < -0.3 is 20.7 Å². The second-order valence-corrected chi connectivity index (χ2v) is 9.03. The van der Waals surface area contributed by atoms with E-state index in [2.05, 4.69) is 10.3 Å². The molecule has 0 aliphatic rings. The predicted octanol–water partition coefficient (Wildman–Crippen LogP) is 2.52. The molecule has 1 aromatic heterocycles. The quantitative estimate of drug-likeness (QED) is 0.333. The fraction of sp³-hybridized carbons (Fsp3) is 0.370. The monoisotopic (exact) mass is 493 g/mol. The van der Waals surface area contributed by atoms with E-state index in [9.17, 15) is 14.4 Å². The Bertz CT molecular complexity index is 1240. The van der Waals surface area contributed by atoms with Crippen LogP contribution in [0.25, 0.3) is 0 Å². The lowest BCUT2D eigenvalue weighted by Crippen LogP contribution is -2.44. The van der Waals surface area contributed by atoms with Gasteiger partial charge in [-0.25, -0.2) is 4.79 Å². The Morgan fingerprint density at radius 2 is 1.72 bits per heavy atom. The zero-order valence-corrected chi connectivity index (χ0v) is 21.1. The average molecular weight is 494 g/mol. The lowest BCUT2D eigenvalue weighted by Gasteiger charge is -2.28. The zero-order valence-electron chi connectivity index (χ0n) is 21.1. The van der Waals surface area contributed by atoms with Gasteiger partial charge in [0.05, 0.1) is 19.1 Å². The van der Waals surface area contributed by atoms with Crippen LogP contribution in [0.1, 0.15) is 37.4 Å². The molecule has 1 atom stereocenters. The van der Waals surface area contributed by atoms with Crippen LogP contribution in [-0.2, 0) is 16.1 Å². The van der Waals surface area contributed by atoms with Gasteiger partial charge in [-0.1, -0.05) is 74.5 Å². The minimum atomic E-state index is -0.629. The number of nitrogens with zero attached hydrogens (tertiary/aromatic N) is 2. The highest BCUT2D eigenvalue weighted by Gasteiger charge is 2.24. The van der Waals surface area contributed by atoms with Gasteiger partial charge in [-0.05, 0) is 23.5 Å². The molecule has 0 bridgehead atoms. The molecule has 36 heavy (non-hydrogen) atoms. The number of nitrogen functional groups attached to an aromatic ring is 1. The number of anilines is 2. The number of amides is 1. The zero-order chi connectivity index (χ0) is 26.1. The molecule has 9 nitrogen and oxygen atoms in total. The molecule has 0 aliphatic heterocycles. The minimum absolute atomic E-state index is 0.0151. The van der Waals surface area contributed by atoms with Crippen LogP contribution in [0, 0.1) is 5.92 Å². The molecule has 3 aromatic rings. The standard InChI is InChI=1S/C27H35N5O4/c1-19(2)23(21-13-8-5-9-14-21)29-22(33)18-31(15-10-16-36-3)24-25(28)32(27(35)30-26(24)34)17-20-11-6-4-7-12-20/h4-9,11-14,19,23H,10,15-18,28H2,1-3H3,(H,29,33)(H,30,34,35). The average Bonchev–Trinajstić information content (AvgIpc) is 2.86. The summed E-state index contributed by atoms with van der Waals surface area (Å²) in [4.78, 5) is 42.7. The third kappa shape index (κ3) is 6.85. The molecule has 9 heteroatoms. The van der Waals surface area contributed by atoms with Crippen molar-refractivity contribution >= 4 is 17.4 Å². The third-order valence-electron chi connectivity index (χ3n) is 5.97. The smallest absolute Gasteiger partial charge is 0.330 e. The Morgan fingerprint density at radius 3 is 2.33 bits per heavy atom. The van der Waals surface area contributed by atoms with Gasteiger partial charge in [0.2, 0.25) is 5.91 Å². The molecule has 0 fully saturated rings. The molecule has 0 saturated carbocycles. The molecule has 3 rings (SSSR count). The van der Waals surface area contributed by atoms with Crippen molar-refractivity contribution in [1.29, 1.82) is 0 Å². The number of hydrogen-bond donors (Lipinski definition) is 3. The molecular formula is C27H35N5O4. The van der Waals surface area contributed by atoms with Crippen LogP contribution in [0.3, 0.4) is 0 Å². The lowest BCUT2D eigenvalue weighted by molar-refractivity contribution is -0.120. The van der Waals surface area contributed by atoms with E-state index in [0.29, 0.717) is 19.6 Å². The van der Waals surface area contributed by atoms with Crippen LogP contribution < -0.4 is 27.2 Å². The molecule has 0 saturated heterocycles. The van der Waals surface area contributed by atoms with Crippen molar-refractivity contribution < 1.29 is 9.53 Å². The topological polar surface area (TPSA) is 122 Å².